The van der Waals surface area contributed by atoms with Crippen LogP contribution in [0.1, 0.15) is 56.0 Å². The lowest BCUT2D eigenvalue weighted by atomic mass is 9.96. The number of halogens is 2. The molecule has 0 unspecified atom stereocenters. The molecule has 0 saturated carbocycles. The number of aromatic nitrogens is 1. The van der Waals surface area contributed by atoms with Crippen LogP contribution in [0.5, 0.6) is 0 Å². The van der Waals surface area contributed by atoms with Gasteiger partial charge in [0.05, 0.1) is 10.6 Å². The first kappa shape index (κ1) is 26.2. The van der Waals surface area contributed by atoms with Gasteiger partial charge in [-0.3, -0.25) is 14.6 Å². The van der Waals surface area contributed by atoms with Gasteiger partial charge in [0.25, 0.3) is 5.91 Å². The molecule has 1 aromatic carbocycles. The van der Waals surface area contributed by atoms with Crippen molar-refractivity contribution in [2.45, 2.75) is 64.7 Å². The SMILES string of the molecule is CCNC(=O)c1cnc(N2C[C@H](CC)N(C3CCN(Cc4ccc(Cl)cc4)CC3)C[C@H]2C)c(Cl)c1. The minimum Gasteiger partial charge on any atom is -0.352 e. The van der Waals surface area contributed by atoms with Crippen LogP contribution in [0, 0.1) is 0 Å². The molecule has 0 radical (unpaired) electrons. The number of hydrogen-bond acceptors (Lipinski definition) is 5. The van der Waals surface area contributed by atoms with E-state index in [1.54, 1.807) is 12.3 Å². The third-order valence-electron chi connectivity index (χ3n) is 7.39. The summed E-state index contributed by atoms with van der Waals surface area (Å²) in [6, 6.07) is 11.3. The standard InChI is InChI=1S/C27H37Cl2N5O/c1-4-23-18-33(26-25(29)14-21(15-31-26)27(35)30-5-2)19(3)16-34(23)24-10-12-32(13-11-24)17-20-6-8-22(28)9-7-20/h6-9,14-15,19,23-24H,4-5,10-13,16-18H2,1-3H3,(H,30,35)/t19-,23+/m1/s1. The predicted molar refractivity (Wildman–Crippen MR) is 145 cm³/mol. The van der Waals surface area contributed by atoms with E-state index >= 15 is 0 Å². The molecule has 0 aliphatic carbocycles. The number of carbonyl (C=O) groups is 1. The van der Waals surface area contributed by atoms with Gasteiger partial charge in [0.15, 0.2) is 0 Å². The van der Waals surface area contributed by atoms with Crippen LogP contribution < -0.4 is 10.2 Å². The van der Waals surface area contributed by atoms with E-state index in [2.05, 4.69) is 51.0 Å². The van der Waals surface area contributed by atoms with Crippen LogP contribution >= 0.6 is 23.2 Å². The molecule has 4 rings (SSSR count). The first-order valence-corrected chi connectivity index (χ1v) is 13.6. The van der Waals surface area contributed by atoms with E-state index in [0.717, 1.165) is 50.0 Å². The first-order chi connectivity index (χ1) is 16.9. The van der Waals surface area contributed by atoms with E-state index in [9.17, 15) is 4.79 Å². The van der Waals surface area contributed by atoms with Gasteiger partial charge in [-0.1, -0.05) is 42.3 Å². The number of benzene rings is 1. The van der Waals surface area contributed by atoms with Gasteiger partial charge in [0.2, 0.25) is 0 Å². The molecule has 8 heteroatoms. The number of pyridine rings is 1. The van der Waals surface area contributed by atoms with Crippen molar-refractivity contribution in [3.8, 4) is 0 Å². The smallest absolute Gasteiger partial charge is 0.252 e. The third-order valence-corrected chi connectivity index (χ3v) is 7.92. The fourth-order valence-electron chi connectivity index (χ4n) is 5.46. The second-order valence-electron chi connectivity index (χ2n) is 9.78. The Balaban J connectivity index is 1.37. The topological polar surface area (TPSA) is 51.7 Å². The Labute approximate surface area is 219 Å². The molecule has 3 heterocycles. The highest BCUT2D eigenvalue weighted by Crippen LogP contribution is 2.32. The van der Waals surface area contributed by atoms with Crippen molar-refractivity contribution in [3.05, 3.63) is 57.7 Å². The average Bonchev–Trinajstić information content (AvgIpc) is 2.86. The molecule has 6 nitrogen and oxygen atoms in total. The zero-order valence-electron chi connectivity index (χ0n) is 21.0. The fourth-order valence-corrected chi connectivity index (χ4v) is 5.86. The van der Waals surface area contributed by atoms with Crippen LogP contribution in [0.4, 0.5) is 5.82 Å². The van der Waals surface area contributed by atoms with Crippen molar-refractivity contribution < 1.29 is 4.79 Å². The summed E-state index contributed by atoms with van der Waals surface area (Å²) in [6.45, 7) is 12.1. The Morgan fingerprint density at radius 3 is 2.46 bits per heavy atom. The lowest BCUT2D eigenvalue weighted by Crippen LogP contribution is -2.61. The van der Waals surface area contributed by atoms with Crippen molar-refractivity contribution in [2.24, 2.45) is 0 Å². The van der Waals surface area contributed by atoms with Crippen molar-refractivity contribution in [1.82, 2.24) is 20.1 Å². The third kappa shape index (κ3) is 6.29. The minimum absolute atomic E-state index is 0.139. The number of anilines is 1. The molecule has 1 amide bonds. The molecule has 0 spiro atoms. The van der Waals surface area contributed by atoms with Crippen molar-refractivity contribution in [1.29, 1.82) is 0 Å². The van der Waals surface area contributed by atoms with Gasteiger partial charge >= 0.3 is 0 Å². The summed E-state index contributed by atoms with van der Waals surface area (Å²) >= 11 is 12.7. The Morgan fingerprint density at radius 2 is 1.83 bits per heavy atom. The highest BCUT2D eigenvalue weighted by Gasteiger charge is 2.37. The quantitative estimate of drug-likeness (QED) is 0.554. The van der Waals surface area contributed by atoms with Gasteiger partial charge < -0.3 is 10.2 Å². The summed E-state index contributed by atoms with van der Waals surface area (Å²) in [5.74, 6) is 0.642. The van der Waals surface area contributed by atoms with Gasteiger partial charge in [-0.15, -0.1) is 0 Å². The van der Waals surface area contributed by atoms with Gasteiger partial charge in [0.1, 0.15) is 5.82 Å². The maximum absolute atomic E-state index is 12.2. The van der Waals surface area contributed by atoms with Crippen LogP contribution in [0.15, 0.2) is 36.5 Å². The van der Waals surface area contributed by atoms with Gasteiger partial charge in [0, 0.05) is 55.5 Å². The van der Waals surface area contributed by atoms with Gasteiger partial charge in [-0.25, -0.2) is 4.98 Å². The van der Waals surface area contributed by atoms with E-state index in [1.807, 2.05) is 19.1 Å². The number of hydrogen-bond donors (Lipinski definition) is 1. The van der Waals surface area contributed by atoms with Gasteiger partial charge in [-0.2, -0.15) is 0 Å². The molecule has 2 atom stereocenters. The summed E-state index contributed by atoms with van der Waals surface area (Å²) in [5.41, 5.74) is 1.83. The van der Waals surface area contributed by atoms with Crippen LogP contribution in [-0.4, -0.2) is 71.5 Å². The second kappa shape index (κ2) is 11.9. The van der Waals surface area contributed by atoms with E-state index in [0.29, 0.717) is 35.3 Å². The molecular formula is C27H37Cl2N5O. The van der Waals surface area contributed by atoms with Crippen LogP contribution in [0.2, 0.25) is 10.0 Å². The zero-order chi connectivity index (χ0) is 24.9. The lowest BCUT2D eigenvalue weighted by Gasteiger charge is -2.50. The van der Waals surface area contributed by atoms with Gasteiger partial charge in [-0.05, 0) is 70.0 Å². The van der Waals surface area contributed by atoms with Crippen molar-refractivity contribution in [3.63, 3.8) is 0 Å². The van der Waals surface area contributed by atoms with Crippen LogP contribution in [0.25, 0.3) is 0 Å². The number of piperazine rings is 1. The lowest BCUT2D eigenvalue weighted by molar-refractivity contribution is 0.0506. The predicted octanol–water partition coefficient (Wildman–Crippen LogP) is 5.09. The number of rotatable bonds is 7. The molecule has 2 fully saturated rings. The molecule has 2 saturated heterocycles. The summed E-state index contributed by atoms with van der Waals surface area (Å²) in [6.07, 6.45) is 5.11. The van der Waals surface area contributed by atoms with Crippen LogP contribution in [-0.2, 0) is 6.54 Å². The molecule has 35 heavy (non-hydrogen) atoms. The summed E-state index contributed by atoms with van der Waals surface area (Å²) < 4.78 is 0. The molecule has 1 N–H and O–H groups in total. The first-order valence-electron chi connectivity index (χ1n) is 12.8. The van der Waals surface area contributed by atoms with Crippen molar-refractivity contribution >= 4 is 34.9 Å². The largest absolute Gasteiger partial charge is 0.352 e. The zero-order valence-corrected chi connectivity index (χ0v) is 22.5. The fraction of sp³-hybridized carbons (Fsp3) is 0.556. The summed E-state index contributed by atoms with van der Waals surface area (Å²) in [4.78, 5) is 24.4. The Morgan fingerprint density at radius 1 is 1.11 bits per heavy atom. The molecule has 1 aromatic heterocycles. The van der Waals surface area contributed by atoms with E-state index in [-0.39, 0.29) is 5.91 Å². The molecule has 2 aliphatic heterocycles. The summed E-state index contributed by atoms with van der Waals surface area (Å²) in [5, 5.41) is 4.14. The van der Waals surface area contributed by atoms with E-state index in [4.69, 9.17) is 23.2 Å². The van der Waals surface area contributed by atoms with Crippen LogP contribution in [0.3, 0.4) is 0 Å². The molecular weight excluding hydrogens is 481 g/mol. The normalized spacial score (nSPS) is 22.4. The monoisotopic (exact) mass is 517 g/mol. The maximum atomic E-state index is 12.2. The Hall–Kier alpha value is -1.86. The van der Waals surface area contributed by atoms with E-state index in [1.165, 1.54) is 18.4 Å². The number of amides is 1. The maximum Gasteiger partial charge on any atom is 0.252 e. The highest BCUT2D eigenvalue weighted by atomic mass is 35.5. The highest BCUT2D eigenvalue weighted by molar-refractivity contribution is 6.33. The molecule has 0 bridgehead atoms. The number of carbonyl (C=O) groups excluding carboxylic acids is 1. The number of piperidine rings is 1. The molecule has 2 aliphatic rings. The number of nitrogens with one attached hydrogen (secondary N) is 1. The van der Waals surface area contributed by atoms with Crippen molar-refractivity contribution in [2.75, 3.05) is 37.6 Å². The number of nitrogens with zero attached hydrogens (tertiary/aromatic N) is 4. The Kier molecular flexibility index (Phi) is 8.92. The minimum atomic E-state index is -0.139. The average molecular weight is 519 g/mol. The molecule has 2 aromatic rings. The van der Waals surface area contributed by atoms with E-state index < -0.39 is 0 Å². The molecule has 190 valence electrons. The summed E-state index contributed by atoms with van der Waals surface area (Å²) in [7, 11) is 0. The Bertz CT molecular complexity index is 994. The second-order valence-corrected chi connectivity index (χ2v) is 10.6. The number of likely N-dealkylation sites (tertiary alicyclic amines) is 1.